The highest BCUT2D eigenvalue weighted by atomic mass is 35.5. The van der Waals surface area contributed by atoms with Gasteiger partial charge in [0.15, 0.2) is 0 Å². The van der Waals surface area contributed by atoms with Crippen LogP contribution in [0.15, 0.2) is 17.0 Å². The van der Waals surface area contributed by atoms with Crippen LogP contribution in [0.2, 0.25) is 0 Å². The maximum absolute atomic E-state index is 13.1. The lowest BCUT2D eigenvalue weighted by Gasteiger charge is -2.31. The number of hydrogen-bond acceptors (Lipinski definition) is 4. The summed E-state index contributed by atoms with van der Waals surface area (Å²) in [6.07, 6.45) is 2.89. The van der Waals surface area contributed by atoms with Gasteiger partial charge in [-0.25, -0.2) is 8.42 Å². The van der Waals surface area contributed by atoms with Crippen LogP contribution in [0.3, 0.4) is 0 Å². The highest BCUT2D eigenvalue weighted by Crippen LogP contribution is 2.28. The lowest BCUT2D eigenvalue weighted by atomic mass is 9.97. The third-order valence-corrected chi connectivity index (χ3v) is 7.16. The van der Waals surface area contributed by atoms with Crippen LogP contribution in [0.5, 0.6) is 0 Å². The van der Waals surface area contributed by atoms with Gasteiger partial charge in [-0.3, -0.25) is 4.79 Å². The molecule has 1 aliphatic heterocycles. The van der Waals surface area contributed by atoms with E-state index in [1.807, 2.05) is 32.9 Å². The number of piperidine rings is 1. The summed E-state index contributed by atoms with van der Waals surface area (Å²) in [5.74, 6) is -0.0821. The molecule has 2 rings (SSSR count). The number of unbranched alkanes of at least 4 members (excludes halogenated alkanes) is 1. The highest BCUT2D eigenvalue weighted by Gasteiger charge is 2.33. The Balaban J connectivity index is 0.00000364. The van der Waals surface area contributed by atoms with Gasteiger partial charge in [-0.05, 0) is 64.1 Å². The normalized spacial score (nSPS) is 16.0. The van der Waals surface area contributed by atoms with Crippen molar-refractivity contribution in [3.63, 3.8) is 0 Å². The number of benzene rings is 1. The number of nitrogens with two attached hydrogens (primary N) is 1. The van der Waals surface area contributed by atoms with Gasteiger partial charge in [0.2, 0.25) is 15.9 Å². The smallest absolute Gasteiger partial charge is 0.243 e. The molecular formula is C19H32ClN3O3S. The van der Waals surface area contributed by atoms with Crippen LogP contribution in [0, 0.1) is 26.7 Å². The fraction of sp³-hybridized carbons (Fsp3) is 0.632. The molecule has 1 amide bonds. The molecule has 0 bridgehead atoms. The van der Waals surface area contributed by atoms with Crippen molar-refractivity contribution in [2.24, 2.45) is 11.7 Å². The van der Waals surface area contributed by atoms with Gasteiger partial charge in [0.1, 0.15) is 0 Å². The monoisotopic (exact) mass is 417 g/mol. The molecule has 0 atom stereocenters. The van der Waals surface area contributed by atoms with Gasteiger partial charge in [-0.15, -0.1) is 12.4 Å². The number of hydrogen-bond donors (Lipinski definition) is 2. The average Bonchev–Trinajstić information content (AvgIpc) is 2.57. The highest BCUT2D eigenvalue weighted by molar-refractivity contribution is 7.89. The van der Waals surface area contributed by atoms with Crippen LogP contribution in [0.25, 0.3) is 0 Å². The van der Waals surface area contributed by atoms with Gasteiger partial charge in [0.05, 0.1) is 4.90 Å². The summed E-state index contributed by atoms with van der Waals surface area (Å²) in [6, 6.07) is 3.81. The van der Waals surface area contributed by atoms with Gasteiger partial charge < -0.3 is 11.1 Å². The molecular weight excluding hydrogens is 386 g/mol. The van der Waals surface area contributed by atoms with Crippen LogP contribution in [0.1, 0.15) is 42.4 Å². The van der Waals surface area contributed by atoms with E-state index in [4.69, 9.17) is 5.73 Å². The van der Waals surface area contributed by atoms with Gasteiger partial charge in [-0.2, -0.15) is 4.31 Å². The molecule has 1 heterocycles. The maximum atomic E-state index is 13.1. The van der Waals surface area contributed by atoms with Gasteiger partial charge in [-0.1, -0.05) is 17.7 Å². The number of aryl methyl sites for hydroxylation is 3. The van der Waals surface area contributed by atoms with Crippen LogP contribution >= 0.6 is 12.4 Å². The zero-order valence-electron chi connectivity index (χ0n) is 16.5. The van der Waals surface area contributed by atoms with E-state index in [9.17, 15) is 13.2 Å². The SMILES string of the molecule is Cc1cc(C)c(S(=O)(=O)N2CCC(C(=O)NCCCCN)CC2)c(C)c1.Cl. The first-order chi connectivity index (χ1) is 12.3. The van der Waals surface area contributed by atoms with Crippen molar-refractivity contribution in [1.82, 2.24) is 9.62 Å². The third kappa shape index (κ3) is 5.91. The molecule has 1 aromatic rings. The first-order valence-corrected chi connectivity index (χ1v) is 10.8. The van der Waals surface area contributed by atoms with E-state index in [-0.39, 0.29) is 24.2 Å². The Labute approximate surface area is 169 Å². The predicted molar refractivity (Wildman–Crippen MR) is 111 cm³/mol. The van der Waals surface area contributed by atoms with Crippen LogP contribution in [-0.4, -0.2) is 44.8 Å². The summed E-state index contributed by atoms with van der Waals surface area (Å²) < 4.78 is 27.7. The Hall–Kier alpha value is -1.15. The second-order valence-corrected chi connectivity index (χ2v) is 9.07. The zero-order chi connectivity index (χ0) is 19.3. The third-order valence-electron chi connectivity index (χ3n) is 4.96. The van der Waals surface area contributed by atoms with E-state index in [0.29, 0.717) is 43.9 Å². The lowest BCUT2D eigenvalue weighted by molar-refractivity contribution is -0.126. The molecule has 0 unspecified atom stereocenters. The number of carbonyl (C=O) groups is 1. The van der Waals surface area contributed by atoms with Crippen LogP contribution < -0.4 is 11.1 Å². The molecule has 0 radical (unpaired) electrons. The van der Waals surface area contributed by atoms with E-state index < -0.39 is 10.0 Å². The number of nitrogens with one attached hydrogen (secondary N) is 1. The van der Waals surface area contributed by atoms with E-state index in [1.54, 1.807) is 0 Å². The fourth-order valence-corrected chi connectivity index (χ4v) is 5.57. The zero-order valence-corrected chi connectivity index (χ0v) is 18.1. The number of sulfonamides is 1. The standard InChI is InChI=1S/C19H31N3O3S.ClH/c1-14-12-15(2)18(16(3)13-14)26(24,25)22-10-6-17(7-11-22)19(23)21-9-5-4-8-20;/h12-13,17H,4-11,20H2,1-3H3,(H,21,23);1H. The fourth-order valence-electron chi connectivity index (χ4n) is 3.69. The molecule has 0 spiro atoms. The number of carbonyl (C=O) groups excluding carboxylic acids is 1. The van der Waals surface area contributed by atoms with E-state index in [2.05, 4.69) is 5.32 Å². The van der Waals surface area contributed by atoms with E-state index in [1.165, 1.54) is 4.31 Å². The first-order valence-electron chi connectivity index (χ1n) is 9.33. The van der Waals surface area contributed by atoms with Gasteiger partial charge >= 0.3 is 0 Å². The molecule has 3 N–H and O–H groups in total. The second-order valence-electron chi connectivity index (χ2n) is 7.19. The molecule has 1 aliphatic rings. The van der Waals surface area contributed by atoms with Crippen molar-refractivity contribution < 1.29 is 13.2 Å². The Morgan fingerprint density at radius 3 is 2.22 bits per heavy atom. The maximum Gasteiger partial charge on any atom is 0.243 e. The Kier molecular flexibility index (Phi) is 9.21. The minimum absolute atomic E-state index is 0. The molecule has 8 heteroatoms. The largest absolute Gasteiger partial charge is 0.356 e. The molecule has 27 heavy (non-hydrogen) atoms. The quantitative estimate of drug-likeness (QED) is 0.665. The van der Waals surface area contributed by atoms with Crippen LogP contribution in [0.4, 0.5) is 0 Å². The van der Waals surface area contributed by atoms with Crippen molar-refractivity contribution in [3.8, 4) is 0 Å². The number of nitrogens with zero attached hydrogens (tertiary/aromatic N) is 1. The topological polar surface area (TPSA) is 92.5 Å². The lowest BCUT2D eigenvalue weighted by Crippen LogP contribution is -2.43. The number of halogens is 1. The molecule has 0 aromatic heterocycles. The molecule has 0 saturated carbocycles. The molecule has 0 aliphatic carbocycles. The summed E-state index contributed by atoms with van der Waals surface area (Å²) in [6.45, 7) is 7.68. The Bertz CT molecular complexity index is 722. The molecule has 1 saturated heterocycles. The van der Waals surface area contributed by atoms with Crippen LogP contribution in [-0.2, 0) is 14.8 Å². The van der Waals surface area contributed by atoms with Gasteiger partial charge in [0.25, 0.3) is 0 Å². The van der Waals surface area contributed by atoms with Gasteiger partial charge in [0, 0.05) is 25.6 Å². The summed E-state index contributed by atoms with van der Waals surface area (Å²) in [4.78, 5) is 12.6. The van der Waals surface area contributed by atoms with Crippen molar-refractivity contribution in [2.75, 3.05) is 26.2 Å². The number of amides is 1. The Morgan fingerprint density at radius 1 is 1.15 bits per heavy atom. The van der Waals surface area contributed by atoms with Crippen molar-refractivity contribution >= 4 is 28.3 Å². The summed E-state index contributed by atoms with van der Waals surface area (Å²) in [7, 11) is -3.53. The predicted octanol–water partition coefficient (Wildman–Crippen LogP) is 2.29. The van der Waals surface area contributed by atoms with Crippen molar-refractivity contribution in [2.45, 2.75) is 51.3 Å². The second kappa shape index (κ2) is 10.4. The van der Waals surface area contributed by atoms with E-state index in [0.717, 1.165) is 29.5 Å². The van der Waals surface area contributed by atoms with E-state index >= 15 is 0 Å². The molecule has 1 aromatic carbocycles. The number of rotatable bonds is 7. The minimum atomic E-state index is -3.53. The molecule has 6 nitrogen and oxygen atoms in total. The first kappa shape index (κ1) is 23.9. The van der Waals surface area contributed by atoms with Crippen molar-refractivity contribution in [3.05, 3.63) is 28.8 Å². The minimum Gasteiger partial charge on any atom is -0.356 e. The Morgan fingerprint density at radius 2 is 1.70 bits per heavy atom. The summed E-state index contributed by atoms with van der Waals surface area (Å²) >= 11 is 0. The van der Waals surface area contributed by atoms with Crippen molar-refractivity contribution in [1.29, 1.82) is 0 Å². The summed E-state index contributed by atoms with van der Waals surface area (Å²) in [5.41, 5.74) is 8.07. The molecule has 1 fully saturated rings. The summed E-state index contributed by atoms with van der Waals surface area (Å²) in [5, 5.41) is 2.93. The molecule has 154 valence electrons. The average molecular weight is 418 g/mol.